The van der Waals surface area contributed by atoms with Gasteiger partial charge in [-0.2, -0.15) is 0 Å². The Kier molecular flexibility index (Phi) is 9.22. The summed E-state index contributed by atoms with van der Waals surface area (Å²) in [4.78, 5) is 28.4. The van der Waals surface area contributed by atoms with Gasteiger partial charge >= 0.3 is 5.91 Å². The molecule has 0 bridgehead atoms. The van der Waals surface area contributed by atoms with Gasteiger partial charge < -0.3 is 14.6 Å². The van der Waals surface area contributed by atoms with Crippen molar-refractivity contribution in [3.05, 3.63) is 113 Å². The number of aliphatic hydroxyl groups is 1. The molecule has 0 saturated carbocycles. The van der Waals surface area contributed by atoms with Crippen LogP contribution in [-0.2, 0) is 15.3 Å². The molecule has 0 radical (unpaired) electrons. The molecule has 1 aromatic heterocycles. The first-order valence-corrected chi connectivity index (χ1v) is 15.2. The highest BCUT2D eigenvalue weighted by atomic mass is 32.2. The van der Waals surface area contributed by atoms with Gasteiger partial charge in [0.2, 0.25) is 5.13 Å². The summed E-state index contributed by atoms with van der Waals surface area (Å²) in [7, 11) is 0. The van der Waals surface area contributed by atoms with Crippen LogP contribution >= 0.6 is 23.1 Å². The van der Waals surface area contributed by atoms with Gasteiger partial charge in [-0.25, -0.2) is 4.39 Å². The molecule has 0 aliphatic carbocycles. The average Bonchev–Trinajstić information content (AvgIpc) is 3.58. The van der Waals surface area contributed by atoms with E-state index in [2.05, 4.69) is 16.8 Å². The average molecular weight is 618 g/mol. The molecule has 1 atom stereocenters. The largest absolute Gasteiger partial charge is 0.507 e. The Hall–Kier alpha value is -4.48. The third-order valence-corrected chi connectivity index (χ3v) is 8.71. The predicted octanol–water partition coefficient (Wildman–Crippen LogP) is 6.87. The number of Topliss-reactive ketones (excluding diaryl/α,β-unsaturated/α-hetero) is 1. The molecule has 3 aromatic carbocycles. The van der Waals surface area contributed by atoms with Crippen molar-refractivity contribution in [3.8, 4) is 11.5 Å². The van der Waals surface area contributed by atoms with Crippen molar-refractivity contribution >= 4 is 45.7 Å². The van der Waals surface area contributed by atoms with Gasteiger partial charge in [-0.1, -0.05) is 83.8 Å². The standard InChI is InChI=1S/C32H28FN3O5S2/c1-4-16-41-24-15-12-22(17-25(24)40-5-2)27-26(28(37)21-10-6-19(3)7-11-21)29(38)30(39)36(27)31-34-35-32(43-31)42-18-20-8-13-23(33)14-9-20/h4,6-15,17,27,37H,1,5,16,18H2,2-3H3/b28-26+. The van der Waals surface area contributed by atoms with Gasteiger partial charge in [0, 0.05) is 11.3 Å². The van der Waals surface area contributed by atoms with Crippen molar-refractivity contribution in [3.63, 3.8) is 0 Å². The minimum Gasteiger partial charge on any atom is -0.507 e. The van der Waals surface area contributed by atoms with Crippen LogP contribution in [0.2, 0.25) is 0 Å². The van der Waals surface area contributed by atoms with Gasteiger partial charge in [-0.05, 0) is 49.2 Å². The first-order chi connectivity index (χ1) is 20.8. The number of halogens is 1. The van der Waals surface area contributed by atoms with Gasteiger partial charge in [0.05, 0.1) is 18.2 Å². The van der Waals surface area contributed by atoms with Gasteiger partial charge in [-0.15, -0.1) is 10.2 Å². The summed E-state index contributed by atoms with van der Waals surface area (Å²) < 4.78 is 25.4. The van der Waals surface area contributed by atoms with E-state index in [0.717, 1.165) is 22.5 Å². The smallest absolute Gasteiger partial charge is 0.301 e. The zero-order chi connectivity index (χ0) is 30.5. The van der Waals surface area contributed by atoms with E-state index in [9.17, 15) is 19.1 Å². The lowest BCUT2D eigenvalue weighted by molar-refractivity contribution is -0.132. The number of thioether (sulfide) groups is 1. The third kappa shape index (κ3) is 6.47. The summed E-state index contributed by atoms with van der Waals surface area (Å²) >= 11 is 2.52. The Labute approximate surface area is 256 Å². The van der Waals surface area contributed by atoms with E-state index in [1.165, 1.54) is 28.8 Å². The van der Waals surface area contributed by atoms with Crippen LogP contribution in [0, 0.1) is 12.7 Å². The maximum absolute atomic E-state index is 13.6. The van der Waals surface area contributed by atoms with E-state index in [0.29, 0.717) is 39.3 Å². The van der Waals surface area contributed by atoms with Crippen LogP contribution in [-0.4, -0.2) is 40.2 Å². The number of rotatable bonds is 11. The maximum atomic E-state index is 13.6. The van der Waals surface area contributed by atoms with Crippen molar-refractivity contribution in [2.45, 2.75) is 30.0 Å². The van der Waals surface area contributed by atoms with E-state index in [4.69, 9.17) is 9.47 Å². The Morgan fingerprint density at radius 2 is 1.81 bits per heavy atom. The summed E-state index contributed by atoms with van der Waals surface area (Å²) in [6.45, 7) is 8.03. The van der Waals surface area contributed by atoms with Crippen molar-refractivity contribution in [1.82, 2.24) is 10.2 Å². The second-order valence-corrected chi connectivity index (χ2v) is 11.7. The number of amides is 1. The quantitative estimate of drug-likeness (QED) is 0.0486. The lowest BCUT2D eigenvalue weighted by Crippen LogP contribution is -2.29. The molecule has 4 aromatic rings. The Morgan fingerprint density at radius 3 is 2.51 bits per heavy atom. The van der Waals surface area contributed by atoms with Gasteiger partial charge in [-0.3, -0.25) is 14.5 Å². The number of anilines is 1. The predicted molar refractivity (Wildman–Crippen MR) is 165 cm³/mol. The molecule has 11 heteroatoms. The van der Waals surface area contributed by atoms with Gasteiger partial charge in [0.25, 0.3) is 5.78 Å². The molecular formula is C32H28FN3O5S2. The minimum absolute atomic E-state index is 0.0771. The molecule has 1 fully saturated rings. The number of ether oxygens (including phenoxy) is 2. The number of hydrogen-bond acceptors (Lipinski definition) is 9. The van der Waals surface area contributed by atoms with Gasteiger partial charge in [0.1, 0.15) is 18.2 Å². The van der Waals surface area contributed by atoms with Crippen LogP contribution in [0.4, 0.5) is 9.52 Å². The zero-order valence-electron chi connectivity index (χ0n) is 23.5. The highest BCUT2D eigenvalue weighted by Crippen LogP contribution is 2.45. The Balaban J connectivity index is 1.57. The summed E-state index contributed by atoms with van der Waals surface area (Å²) in [5, 5.41) is 20.1. The number of carbonyl (C=O) groups excluding carboxylic acids is 2. The molecule has 5 rings (SSSR count). The monoisotopic (exact) mass is 617 g/mol. The SMILES string of the molecule is C=CCOc1ccc(C2/C(=C(\O)c3ccc(C)cc3)C(=O)C(=O)N2c2nnc(SCc3ccc(F)cc3)s2)cc1OCC. The maximum Gasteiger partial charge on any atom is 0.301 e. The van der Waals surface area contributed by atoms with Crippen molar-refractivity contribution in [2.24, 2.45) is 0 Å². The number of benzene rings is 3. The molecule has 8 nitrogen and oxygen atoms in total. The number of hydrogen-bond donors (Lipinski definition) is 1. The van der Waals surface area contributed by atoms with E-state index in [-0.39, 0.29) is 28.9 Å². The van der Waals surface area contributed by atoms with Crippen LogP contribution in [0.1, 0.15) is 35.2 Å². The number of nitrogens with zero attached hydrogens (tertiary/aromatic N) is 3. The number of aryl methyl sites for hydroxylation is 1. The fraction of sp³-hybridized carbons (Fsp3) is 0.188. The fourth-order valence-corrected chi connectivity index (χ4v) is 6.35. The molecule has 2 heterocycles. The van der Waals surface area contributed by atoms with E-state index in [1.807, 2.05) is 26.0 Å². The first-order valence-electron chi connectivity index (χ1n) is 13.4. The van der Waals surface area contributed by atoms with Crippen LogP contribution in [0.5, 0.6) is 11.5 Å². The lowest BCUT2D eigenvalue weighted by Gasteiger charge is -2.23. The second kappa shape index (κ2) is 13.2. The summed E-state index contributed by atoms with van der Waals surface area (Å²) in [5.41, 5.74) is 2.70. The number of ketones is 1. The second-order valence-electron chi connectivity index (χ2n) is 9.54. The highest BCUT2D eigenvalue weighted by Gasteiger charge is 2.48. The molecule has 1 saturated heterocycles. The van der Waals surface area contributed by atoms with E-state index >= 15 is 0 Å². The summed E-state index contributed by atoms with van der Waals surface area (Å²) in [6.07, 6.45) is 1.61. The molecular weight excluding hydrogens is 590 g/mol. The topological polar surface area (TPSA) is 102 Å². The molecule has 1 unspecified atom stereocenters. The summed E-state index contributed by atoms with van der Waals surface area (Å²) in [5.74, 6) is -0.911. The van der Waals surface area contributed by atoms with Crippen molar-refractivity contribution in [2.75, 3.05) is 18.1 Å². The molecule has 220 valence electrons. The van der Waals surface area contributed by atoms with Crippen molar-refractivity contribution in [1.29, 1.82) is 0 Å². The van der Waals surface area contributed by atoms with Crippen molar-refractivity contribution < 1.29 is 28.6 Å². The minimum atomic E-state index is -1.02. The molecule has 1 aliphatic rings. The van der Waals surface area contributed by atoms with Crippen LogP contribution in [0.15, 0.2) is 89.3 Å². The summed E-state index contributed by atoms with van der Waals surface area (Å²) in [6, 6.07) is 17.3. The molecule has 1 N–H and O–H groups in total. The first kappa shape index (κ1) is 30.0. The Morgan fingerprint density at radius 1 is 1.07 bits per heavy atom. The van der Waals surface area contributed by atoms with Crippen LogP contribution < -0.4 is 14.4 Å². The number of aromatic nitrogens is 2. The Bertz CT molecular complexity index is 1690. The number of carbonyl (C=O) groups is 2. The molecule has 1 amide bonds. The number of aliphatic hydroxyl groups excluding tert-OH is 1. The molecule has 1 aliphatic heterocycles. The normalized spacial score (nSPS) is 16.0. The zero-order valence-corrected chi connectivity index (χ0v) is 25.1. The molecule has 0 spiro atoms. The van der Waals surface area contributed by atoms with Crippen LogP contribution in [0.3, 0.4) is 0 Å². The van der Waals surface area contributed by atoms with Crippen LogP contribution in [0.25, 0.3) is 5.76 Å². The molecule has 43 heavy (non-hydrogen) atoms. The van der Waals surface area contributed by atoms with E-state index in [1.54, 1.807) is 48.5 Å². The highest BCUT2D eigenvalue weighted by molar-refractivity contribution is 8.00. The van der Waals surface area contributed by atoms with E-state index < -0.39 is 17.7 Å². The third-order valence-electron chi connectivity index (χ3n) is 6.59. The van der Waals surface area contributed by atoms with Gasteiger partial charge in [0.15, 0.2) is 15.8 Å². The fourth-order valence-electron chi connectivity index (χ4n) is 4.53. The lowest BCUT2D eigenvalue weighted by atomic mass is 9.95.